The van der Waals surface area contributed by atoms with Crippen LogP contribution in [0.15, 0.2) is 21.9 Å². The molecule has 0 aliphatic rings. The van der Waals surface area contributed by atoms with E-state index >= 15 is 0 Å². The first-order valence-electron chi connectivity index (χ1n) is 3.89. The van der Waals surface area contributed by atoms with E-state index in [1.807, 2.05) is 13.8 Å². The van der Waals surface area contributed by atoms with Crippen LogP contribution in [0.1, 0.15) is 27.7 Å². The second-order valence-electron chi connectivity index (χ2n) is 2.56. The monoisotopic (exact) mass is 152 g/mol. The van der Waals surface area contributed by atoms with Crippen molar-refractivity contribution in [1.29, 1.82) is 0 Å². The minimum Gasteiger partial charge on any atom is -0.164 e. The van der Waals surface area contributed by atoms with Crippen molar-refractivity contribution in [3.63, 3.8) is 0 Å². The molecule has 11 heavy (non-hydrogen) atoms. The average Bonchev–Trinajstić information content (AvgIpc) is 1.97. The first-order chi connectivity index (χ1) is 5.22. The Bertz CT molecular complexity index is 176. The molecule has 0 aromatic rings. The Kier molecular flexibility index (Phi) is 5.35. The van der Waals surface area contributed by atoms with Gasteiger partial charge in [0, 0.05) is 6.21 Å². The van der Waals surface area contributed by atoms with E-state index in [4.69, 9.17) is 0 Å². The molecule has 0 aliphatic heterocycles. The summed E-state index contributed by atoms with van der Waals surface area (Å²) in [6.45, 7) is 8.13. The minimum atomic E-state index is 0.524. The summed E-state index contributed by atoms with van der Waals surface area (Å²) in [4.78, 5) is 0. The highest BCUT2D eigenvalue weighted by Gasteiger charge is 1.96. The number of rotatable bonds is 3. The maximum Gasteiger partial charge on any atom is 0.0526 e. The van der Waals surface area contributed by atoms with E-state index in [1.165, 1.54) is 5.57 Å². The smallest absolute Gasteiger partial charge is 0.0526 e. The predicted molar refractivity (Wildman–Crippen MR) is 51.3 cm³/mol. The topological polar surface area (TPSA) is 24.7 Å². The van der Waals surface area contributed by atoms with Crippen LogP contribution >= 0.6 is 0 Å². The van der Waals surface area contributed by atoms with E-state index in [0.29, 0.717) is 5.92 Å². The van der Waals surface area contributed by atoms with Crippen LogP contribution in [-0.2, 0) is 0 Å². The standard InChI is InChI=1S/C9H16N2/c1-5-9(8(3)4)7-11-10-6-2/h5-8H,1-4H3/b9-5+,10-6-,11-7-. The first kappa shape index (κ1) is 10.1. The van der Waals surface area contributed by atoms with Gasteiger partial charge in [-0.25, -0.2) is 0 Å². The van der Waals surface area contributed by atoms with Gasteiger partial charge in [0.05, 0.1) is 6.21 Å². The summed E-state index contributed by atoms with van der Waals surface area (Å²) in [5.74, 6) is 0.524. The van der Waals surface area contributed by atoms with E-state index in [9.17, 15) is 0 Å². The molecule has 2 heteroatoms. The van der Waals surface area contributed by atoms with Gasteiger partial charge in [-0.05, 0) is 25.3 Å². The van der Waals surface area contributed by atoms with Gasteiger partial charge >= 0.3 is 0 Å². The fourth-order valence-corrected chi connectivity index (χ4v) is 0.724. The largest absolute Gasteiger partial charge is 0.164 e. The molecule has 0 atom stereocenters. The highest BCUT2D eigenvalue weighted by molar-refractivity contribution is 5.79. The highest BCUT2D eigenvalue weighted by atomic mass is 15.2. The quantitative estimate of drug-likeness (QED) is 0.439. The molecule has 0 saturated heterocycles. The van der Waals surface area contributed by atoms with Gasteiger partial charge < -0.3 is 0 Å². The zero-order chi connectivity index (χ0) is 8.69. The van der Waals surface area contributed by atoms with E-state index in [1.54, 1.807) is 12.4 Å². The number of nitrogens with zero attached hydrogens (tertiary/aromatic N) is 2. The Labute approximate surface area is 68.7 Å². The third kappa shape index (κ3) is 4.48. The molecule has 62 valence electrons. The van der Waals surface area contributed by atoms with Gasteiger partial charge in [0.15, 0.2) is 0 Å². The van der Waals surface area contributed by atoms with Crippen LogP contribution < -0.4 is 0 Å². The zero-order valence-corrected chi connectivity index (χ0v) is 7.70. The van der Waals surface area contributed by atoms with Crippen molar-refractivity contribution in [2.24, 2.45) is 16.1 Å². The third-order valence-electron chi connectivity index (χ3n) is 1.39. The molecule has 0 aromatic carbocycles. The van der Waals surface area contributed by atoms with Crippen LogP contribution in [0.5, 0.6) is 0 Å². The van der Waals surface area contributed by atoms with Crippen molar-refractivity contribution >= 4 is 12.4 Å². The molecule has 0 saturated carbocycles. The second kappa shape index (κ2) is 5.83. The predicted octanol–water partition coefficient (Wildman–Crippen LogP) is 2.67. The molecular weight excluding hydrogens is 136 g/mol. The summed E-state index contributed by atoms with van der Waals surface area (Å²) in [6.07, 6.45) is 5.52. The van der Waals surface area contributed by atoms with Crippen LogP contribution in [0.2, 0.25) is 0 Å². The molecule has 0 heterocycles. The van der Waals surface area contributed by atoms with E-state index < -0.39 is 0 Å². The van der Waals surface area contributed by atoms with E-state index in [0.717, 1.165) is 0 Å². The first-order valence-corrected chi connectivity index (χ1v) is 3.89. The molecule has 0 fully saturated rings. The Balaban J connectivity index is 4.10. The molecule has 0 aromatic heterocycles. The zero-order valence-electron chi connectivity index (χ0n) is 7.70. The number of hydrogen-bond acceptors (Lipinski definition) is 2. The number of allylic oxidation sites excluding steroid dienone is 2. The van der Waals surface area contributed by atoms with E-state index in [-0.39, 0.29) is 0 Å². The van der Waals surface area contributed by atoms with Gasteiger partial charge in [-0.1, -0.05) is 19.9 Å². The van der Waals surface area contributed by atoms with Crippen molar-refractivity contribution in [2.45, 2.75) is 27.7 Å². The fraction of sp³-hybridized carbons (Fsp3) is 0.556. The summed E-state index contributed by atoms with van der Waals surface area (Å²) < 4.78 is 0. The summed E-state index contributed by atoms with van der Waals surface area (Å²) in [5, 5.41) is 7.60. The SMILES string of the molecule is C\C=N/N=C\C(=C/C)C(C)C. The lowest BCUT2D eigenvalue weighted by atomic mass is 10.1. The molecule has 0 spiro atoms. The van der Waals surface area contributed by atoms with Gasteiger partial charge in [-0.15, -0.1) is 0 Å². The highest BCUT2D eigenvalue weighted by Crippen LogP contribution is 2.05. The molecular formula is C9H16N2. The van der Waals surface area contributed by atoms with Gasteiger partial charge in [-0.3, -0.25) is 0 Å². The van der Waals surface area contributed by atoms with E-state index in [2.05, 4.69) is 30.1 Å². The Hall–Kier alpha value is -0.920. The maximum absolute atomic E-state index is 3.86. The van der Waals surface area contributed by atoms with Crippen molar-refractivity contribution in [1.82, 2.24) is 0 Å². The number of hydrogen-bond donors (Lipinski definition) is 0. The van der Waals surface area contributed by atoms with Gasteiger partial charge in [-0.2, -0.15) is 10.2 Å². The third-order valence-corrected chi connectivity index (χ3v) is 1.39. The summed E-state index contributed by atoms with van der Waals surface area (Å²) in [7, 11) is 0. The van der Waals surface area contributed by atoms with Crippen molar-refractivity contribution in [3.8, 4) is 0 Å². The lowest BCUT2D eigenvalue weighted by Gasteiger charge is -2.01. The Morgan fingerprint density at radius 3 is 2.18 bits per heavy atom. The summed E-state index contributed by atoms with van der Waals surface area (Å²) in [6, 6.07) is 0. The van der Waals surface area contributed by atoms with Crippen LogP contribution in [-0.4, -0.2) is 12.4 Å². The van der Waals surface area contributed by atoms with Crippen molar-refractivity contribution < 1.29 is 0 Å². The normalized spacial score (nSPS) is 14.1. The molecule has 0 aliphatic carbocycles. The summed E-state index contributed by atoms with van der Waals surface area (Å²) in [5.41, 5.74) is 1.22. The molecule has 0 N–H and O–H groups in total. The maximum atomic E-state index is 3.86. The van der Waals surface area contributed by atoms with Crippen molar-refractivity contribution in [2.75, 3.05) is 0 Å². The fourth-order valence-electron chi connectivity index (χ4n) is 0.724. The molecule has 2 nitrogen and oxygen atoms in total. The van der Waals surface area contributed by atoms with Crippen molar-refractivity contribution in [3.05, 3.63) is 11.6 Å². The molecule has 0 unspecified atom stereocenters. The molecule has 0 rings (SSSR count). The van der Waals surface area contributed by atoms with Crippen LogP contribution in [0, 0.1) is 5.92 Å². The van der Waals surface area contributed by atoms with Crippen LogP contribution in [0.3, 0.4) is 0 Å². The molecule has 0 bridgehead atoms. The lowest BCUT2D eigenvalue weighted by molar-refractivity contribution is 0.804. The van der Waals surface area contributed by atoms with Crippen LogP contribution in [0.4, 0.5) is 0 Å². The van der Waals surface area contributed by atoms with Gasteiger partial charge in [0.25, 0.3) is 0 Å². The van der Waals surface area contributed by atoms with Gasteiger partial charge in [0.2, 0.25) is 0 Å². The second-order valence-corrected chi connectivity index (χ2v) is 2.56. The average molecular weight is 152 g/mol. The Morgan fingerprint density at radius 2 is 1.82 bits per heavy atom. The Morgan fingerprint density at radius 1 is 1.18 bits per heavy atom. The molecule has 0 radical (unpaired) electrons. The lowest BCUT2D eigenvalue weighted by Crippen LogP contribution is -1.93. The minimum absolute atomic E-state index is 0.524. The van der Waals surface area contributed by atoms with Gasteiger partial charge in [0.1, 0.15) is 0 Å². The van der Waals surface area contributed by atoms with Crippen LogP contribution in [0.25, 0.3) is 0 Å². The molecule has 0 amide bonds. The summed E-state index contributed by atoms with van der Waals surface area (Å²) >= 11 is 0.